The summed E-state index contributed by atoms with van der Waals surface area (Å²) in [6.07, 6.45) is 0. The van der Waals surface area contributed by atoms with E-state index < -0.39 is 5.41 Å². The van der Waals surface area contributed by atoms with Gasteiger partial charge in [-0.25, -0.2) is 0 Å². The Hall–Kier alpha value is -6.18. The van der Waals surface area contributed by atoms with Gasteiger partial charge in [0.15, 0.2) is 0 Å². The van der Waals surface area contributed by atoms with Crippen molar-refractivity contribution in [3.8, 4) is 33.4 Å². The normalized spacial score (nSPS) is 13.2. The van der Waals surface area contributed by atoms with Crippen molar-refractivity contribution in [2.45, 2.75) is 5.41 Å². The van der Waals surface area contributed by atoms with Crippen LogP contribution in [0, 0.1) is 0 Å². The molecule has 0 amide bonds. The van der Waals surface area contributed by atoms with Gasteiger partial charge in [-0.15, -0.1) is 0 Å². The molecule has 48 heavy (non-hydrogen) atoms. The van der Waals surface area contributed by atoms with Crippen molar-refractivity contribution < 1.29 is 4.42 Å². The van der Waals surface area contributed by atoms with Crippen molar-refractivity contribution >= 4 is 32.7 Å². The minimum atomic E-state index is -0.494. The van der Waals surface area contributed by atoms with Gasteiger partial charge in [0.2, 0.25) is 0 Å². The Kier molecular flexibility index (Phi) is 5.86. The molecule has 10 rings (SSSR count). The Labute approximate surface area is 279 Å². The van der Waals surface area contributed by atoms with E-state index in [1.165, 1.54) is 60.8 Å². The summed E-state index contributed by atoms with van der Waals surface area (Å²) in [5.74, 6) is 0. The smallest absolute Gasteiger partial charge is 0.136 e. The van der Waals surface area contributed by atoms with Crippen LogP contribution in [0.5, 0.6) is 0 Å². The Bertz CT molecular complexity index is 2610. The molecule has 0 bridgehead atoms. The van der Waals surface area contributed by atoms with Gasteiger partial charge in [-0.3, -0.25) is 0 Å². The summed E-state index contributed by atoms with van der Waals surface area (Å²) in [5.41, 5.74) is 13.9. The Morgan fingerprint density at radius 3 is 1.67 bits per heavy atom. The molecule has 0 saturated heterocycles. The second-order valence-corrected chi connectivity index (χ2v) is 12.8. The predicted molar refractivity (Wildman–Crippen MR) is 199 cm³/mol. The van der Waals surface area contributed by atoms with Crippen LogP contribution >= 0.6 is 0 Å². The molecule has 0 unspecified atom stereocenters. The molecular weight excluding hydrogens is 581 g/mol. The average molecular weight is 611 g/mol. The first-order chi connectivity index (χ1) is 23.8. The van der Waals surface area contributed by atoms with Crippen molar-refractivity contribution in [3.63, 3.8) is 0 Å². The lowest BCUT2D eigenvalue weighted by molar-refractivity contribution is 0.669. The van der Waals surface area contributed by atoms with Crippen LogP contribution in [0.4, 0.5) is 0 Å². The minimum Gasteiger partial charge on any atom is -0.456 e. The minimum absolute atomic E-state index is 0.494. The van der Waals surface area contributed by atoms with Crippen molar-refractivity contribution in [2.75, 3.05) is 0 Å². The molecule has 224 valence electrons. The van der Waals surface area contributed by atoms with Gasteiger partial charge < -0.3 is 4.42 Å². The maximum absolute atomic E-state index is 6.27. The van der Waals surface area contributed by atoms with Gasteiger partial charge in [0.1, 0.15) is 11.2 Å². The Balaban J connectivity index is 1.24. The highest BCUT2D eigenvalue weighted by Gasteiger charge is 2.47. The van der Waals surface area contributed by atoms with Crippen LogP contribution in [0.15, 0.2) is 186 Å². The lowest BCUT2D eigenvalue weighted by Gasteiger charge is -2.35. The first kappa shape index (κ1) is 27.0. The van der Waals surface area contributed by atoms with E-state index in [2.05, 4.69) is 170 Å². The molecule has 9 aromatic rings. The lowest BCUT2D eigenvalue weighted by atomic mass is 9.66. The molecule has 0 N–H and O–H groups in total. The van der Waals surface area contributed by atoms with E-state index in [9.17, 15) is 0 Å². The van der Waals surface area contributed by atoms with Gasteiger partial charge in [0.25, 0.3) is 0 Å². The van der Waals surface area contributed by atoms with E-state index in [-0.39, 0.29) is 0 Å². The number of hydrogen-bond acceptors (Lipinski definition) is 1. The van der Waals surface area contributed by atoms with Crippen LogP contribution in [0.3, 0.4) is 0 Å². The number of fused-ring (bicyclic) bond motifs is 8. The summed E-state index contributed by atoms with van der Waals surface area (Å²) in [6.45, 7) is 0. The van der Waals surface area contributed by atoms with Crippen LogP contribution in [0.25, 0.3) is 66.1 Å². The van der Waals surface area contributed by atoms with Gasteiger partial charge >= 0.3 is 0 Å². The molecule has 0 aliphatic heterocycles. The lowest BCUT2D eigenvalue weighted by Crippen LogP contribution is -2.28. The molecule has 1 aliphatic rings. The first-order valence-electron chi connectivity index (χ1n) is 16.6. The molecule has 1 aromatic heterocycles. The third-order valence-electron chi connectivity index (χ3n) is 10.3. The van der Waals surface area contributed by atoms with E-state index in [0.717, 1.165) is 27.5 Å². The van der Waals surface area contributed by atoms with Crippen molar-refractivity contribution in [1.29, 1.82) is 0 Å². The number of hydrogen-bond donors (Lipinski definition) is 0. The maximum atomic E-state index is 6.27. The van der Waals surface area contributed by atoms with E-state index >= 15 is 0 Å². The van der Waals surface area contributed by atoms with E-state index in [1.807, 2.05) is 12.1 Å². The molecule has 1 heteroatoms. The second kappa shape index (κ2) is 10.4. The Morgan fingerprint density at radius 2 is 0.917 bits per heavy atom. The monoisotopic (exact) mass is 610 g/mol. The summed E-state index contributed by atoms with van der Waals surface area (Å²) in [6, 6.07) is 66.4. The molecule has 0 fully saturated rings. The van der Waals surface area contributed by atoms with Crippen LogP contribution in [-0.2, 0) is 5.41 Å². The predicted octanol–water partition coefficient (Wildman–Crippen LogP) is 12.4. The number of furan rings is 1. The zero-order valence-electron chi connectivity index (χ0n) is 26.2. The Morgan fingerprint density at radius 1 is 0.354 bits per heavy atom. The highest BCUT2D eigenvalue weighted by molar-refractivity contribution is 6.06. The highest BCUT2D eigenvalue weighted by Crippen LogP contribution is 2.58. The SMILES string of the molecule is c1ccc(-c2ccc3c(c2)C(c2ccccc2)(c2ccccc2)c2c-3ccc3cc(-c4ccc5c(c4)oc4ccccc45)ccc23)cc1. The van der Waals surface area contributed by atoms with Crippen LogP contribution in [-0.4, -0.2) is 0 Å². The molecule has 1 heterocycles. The molecule has 1 nitrogen and oxygen atoms in total. The topological polar surface area (TPSA) is 13.1 Å². The number of para-hydroxylation sites is 1. The van der Waals surface area contributed by atoms with Gasteiger partial charge in [-0.05, 0) is 96.7 Å². The average Bonchev–Trinajstić information content (AvgIpc) is 3.69. The van der Waals surface area contributed by atoms with Crippen molar-refractivity contribution in [3.05, 3.63) is 204 Å². The highest BCUT2D eigenvalue weighted by atomic mass is 16.3. The summed E-state index contributed by atoms with van der Waals surface area (Å²) in [4.78, 5) is 0. The van der Waals surface area contributed by atoms with Gasteiger partial charge in [-0.2, -0.15) is 0 Å². The molecular formula is C47H30O. The van der Waals surface area contributed by atoms with Gasteiger partial charge in [0, 0.05) is 10.8 Å². The number of rotatable bonds is 4. The van der Waals surface area contributed by atoms with Crippen LogP contribution in [0.1, 0.15) is 22.3 Å². The van der Waals surface area contributed by atoms with E-state index in [0.29, 0.717) is 0 Å². The molecule has 0 spiro atoms. The summed E-state index contributed by atoms with van der Waals surface area (Å²) in [5, 5.41) is 4.80. The molecule has 1 aliphatic carbocycles. The van der Waals surface area contributed by atoms with Crippen molar-refractivity contribution in [2.24, 2.45) is 0 Å². The number of benzene rings is 8. The van der Waals surface area contributed by atoms with E-state index in [4.69, 9.17) is 4.42 Å². The van der Waals surface area contributed by atoms with Crippen molar-refractivity contribution in [1.82, 2.24) is 0 Å². The fourth-order valence-corrected chi connectivity index (χ4v) is 8.22. The second-order valence-electron chi connectivity index (χ2n) is 12.8. The first-order valence-corrected chi connectivity index (χ1v) is 16.6. The zero-order chi connectivity index (χ0) is 31.7. The third kappa shape index (κ3) is 3.85. The van der Waals surface area contributed by atoms with Crippen LogP contribution < -0.4 is 0 Å². The third-order valence-corrected chi connectivity index (χ3v) is 10.3. The van der Waals surface area contributed by atoms with Gasteiger partial charge in [0.05, 0.1) is 5.41 Å². The molecule has 8 aromatic carbocycles. The molecule has 0 atom stereocenters. The fourth-order valence-electron chi connectivity index (χ4n) is 8.22. The largest absolute Gasteiger partial charge is 0.456 e. The summed E-state index contributed by atoms with van der Waals surface area (Å²) >= 11 is 0. The maximum Gasteiger partial charge on any atom is 0.136 e. The zero-order valence-corrected chi connectivity index (χ0v) is 26.2. The van der Waals surface area contributed by atoms with Crippen LogP contribution in [0.2, 0.25) is 0 Å². The van der Waals surface area contributed by atoms with E-state index in [1.54, 1.807) is 0 Å². The molecule has 0 radical (unpaired) electrons. The molecule has 0 saturated carbocycles. The summed E-state index contributed by atoms with van der Waals surface area (Å²) in [7, 11) is 0. The standard InChI is InChI=1S/C47H30O/c1-4-12-31(13-5-1)33-21-25-39-42-27-23-35-28-32(34-22-26-41-40-18-10-11-19-44(40)48-45(41)30-34)20-24-38(35)46(42)47(43(39)29-33,36-14-6-2-7-15-36)37-16-8-3-9-17-37/h1-30H. The van der Waals surface area contributed by atoms with Gasteiger partial charge in [-0.1, -0.05) is 152 Å². The fraction of sp³-hybridized carbons (Fsp3) is 0.0213. The summed E-state index contributed by atoms with van der Waals surface area (Å²) < 4.78 is 6.27. The quantitative estimate of drug-likeness (QED) is 0.193.